The molecule has 0 bridgehead atoms. The van der Waals surface area contributed by atoms with Crippen LogP contribution in [0.5, 0.6) is 5.75 Å². The fourth-order valence-electron chi connectivity index (χ4n) is 2.80. The van der Waals surface area contributed by atoms with Crippen LogP contribution in [0, 0.1) is 0 Å². The van der Waals surface area contributed by atoms with Gasteiger partial charge in [-0.1, -0.05) is 6.92 Å². The van der Waals surface area contributed by atoms with E-state index in [1.165, 1.54) is 4.88 Å². The zero-order chi connectivity index (χ0) is 18.6. The minimum atomic E-state index is 0.655. The standard InChI is InChI=1S/C21H20N4OS/c1-3-17-12-18-20(23-15-7-9-16(10-8-15)26-4-2)24-19(25-21(18)27-17)14-6-5-11-22-13-14/h5-13H,3-4H2,1-2H3,(H,23,24,25). The lowest BCUT2D eigenvalue weighted by atomic mass is 10.2. The molecule has 0 amide bonds. The highest BCUT2D eigenvalue weighted by Gasteiger charge is 2.13. The second-order valence-electron chi connectivity index (χ2n) is 6.01. The maximum absolute atomic E-state index is 5.52. The minimum Gasteiger partial charge on any atom is -0.494 e. The Hall–Kier alpha value is -2.99. The van der Waals surface area contributed by atoms with Crippen LogP contribution in [0.3, 0.4) is 0 Å². The lowest BCUT2D eigenvalue weighted by molar-refractivity contribution is 0.340. The Bertz CT molecular complexity index is 1050. The number of benzene rings is 1. The fourth-order valence-corrected chi connectivity index (χ4v) is 3.77. The number of hydrogen-bond donors (Lipinski definition) is 1. The van der Waals surface area contributed by atoms with Crippen molar-refractivity contribution in [1.82, 2.24) is 15.0 Å². The molecule has 3 heterocycles. The highest BCUT2D eigenvalue weighted by molar-refractivity contribution is 7.18. The second kappa shape index (κ2) is 7.72. The molecule has 0 saturated carbocycles. The molecule has 4 aromatic rings. The van der Waals surface area contributed by atoms with Crippen LogP contribution in [0.1, 0.15) is 18.7 Å². The summed E-state index contributed by atoms with van der Waals surface area (Å²) in [5.41, 5.74) is 1.86. The van der Waals surface area contributed by atoms with Crippen molar-refractivity contribution in [2.75, 3.05) is 11.9 Å². The van der Waals surface area contributed by atoms with Crippen LogP contribution < -0.4 is 10.1 Å². The second-order valence-corrected chi connectivity index (χ2v) is 7.12. The van der Waals surface area contributed by atoms with Gasteiger partial charge < -0.3 is 10.1 Å². The third-order valence-corrected chi connectivity index (χ3v) is 5.31. The lowest BCUT2D eigenvalue weighted by Gasteiger charge is -2.10. The maximum Gasteiger partial charge on any atom is 0.164 e. The summed E-state index contributed by atoms with van der Waals surface area (Å²) in [7, 11) is 0. The zero-order valence-corrected chi connectivity index (χ0v) is 16.1. The van der Waals surface area contributed by atoms with Gasteiger partial charge in [-0.05, 0) is 55.8 Å². The quantitative estimate of drug-likeness (QED) is 0.484. The summed E-state index contributed by atoms with van der Waals surface area (Å²) in [5, 5.41) is 4.48. The predicted molar refractivity (Wildman–Crippen MR) is 111 cm³/mol. The van der Waals surface area contributed by atoms with E-state index in [-0.39, 0.29) is 0 Å². The van der Waals surface area contributed by atoms with Crippen LogP contribution in [0.2, 0.25) is 0 Å². The van der Waals surface area contributed by atoms with Gasteiger partial charge in [-0.2, -0.15) is 0 Å². The molecule has 136 valence electrons. The van der Waals surface area contributed by atoms with Crippen molar-refractivity contribution in [2.24, 2.45) is 0 Å². The number of anilines is 2. The van der Waals surface area contributed by atoms with Crippen molar-refractivity contribution >= 4 is 33.1 Å². The van der Waals surface area contributed by atoms with Crippen molar-refractivity contribution in [1.29, 1.82) is 0 Å². The fraction of sp³-hybridized carbons (Fsp3) is 0.190. The van der Waals surface area contributed by atoms with Crippen LogP contribution in [-0.4, -0.2) is 21.6 Å². The molecular formula is C21H20N4OS. The average Bonchev–Trinajstić information content (AvgIpc) is 3.14. The summed E-state index contributed by atoms with van der Waals surface area (Å²) in [6.45, 7) is 4.79. The minimum absolute atomic E-state index is 0.655. The molecule has 4 rings (SSSR count). The normalized spacial score (nSPS) is 10.9. The number of rotatable bonds is 6. The molecule has 0 radical (unpaired) electrons. The number of thiophene rings is 1. The Morgan fingerprint density at radius 3 is 2.63 bits per heavy atom. The SMILES string of the molecule is CCOc1ccc(Nc2nc(-c3cccnc3)nc3sc(CC)cc23)cc1. The number of nitrogens with zero attached hydrogens (tertiary/aromatic N) is 3. The molecule has 0 fully saturated rings. The molecule has 0 atom stereocenters. The first-order valence-corrected chi connectivity index (χ1v) is 9.79. The third-order valence-electron chi connectivity index (χ3n) is 4.14. The number of hydrogen-bond acceptors (Lipinski definition) is 6. The maximum atomic E-state index is 5.52. The van der Waals surface area contributed by atoms with Crippen molar-refractivity contribution in [2.45, 2.75) is 20.3 Å². The van der Waals surface area contributed by atoms with E-state index in [1.807, 2.05) is 43.3 Å². The van der Waals surface area contributed by atoms with E-state index in [2.05, 4.69) is 23.3 Å². The Labute approximate surface area is 162 Å². The van der Waals surface area contributed by atoms with E-state index in [0.717, 1.165) is 39.5 Å². The van der Waals surface area contributed by atoms with Crippen molar-refractivity contribution < 1.29 is 4.74 Å². The smallest absolute Gasteiger partial charge is 0.164 e. The van der Waals surface area contributed by atoms with Crippen molar-refractivity contribution in [3.05, 3.63) is 59.7 Å². The highest BCUT2D eigenvalue weighted by atomic mass is 32.1. The average molecular weight is 376 g/mol. The van der Waals surface area contributed by atoms with E-state index in [4.69, 9.17) is 14.7 Å². The van der Waals surface area contributed by atoms with Gasteiger partial charge in [0.2, 0.25) is 0 Å². The topological polar surface area (TPSA) is 59.9 Å². The first-order valence-electron chi connectivity index (χ1n) is 8.97. The summed E-state index contributed by atoms with van der Waals surface area (Å²) in [6, 6.07) is 13.9. The van der Waals surface area contributed by atoms with Gasteiger partial charge in [0, 0.05) is 28.5 Å². The van der Waals surface area contributed by atoms with E-state index < -0.39 is 0 Å². The summed E-state index contributed by atoms with van der Waals surface area (Å²) in [5.74, 6) is 2.34. The van der Waals surface area contributed by atoms with Crippen molar-refractivity contribution in [3.8, 4) is 17.1 Å². The van der Waals surface area contributed by atoms with Crippen LogP contribution in [0.15, 0.2) is 54.9 Å². The first-order chi connectivity index (χ1) is 13.3. The van der Waals surface area contributed by atoms with Gasteiger partial charge in [0.1, 0.15) is 16.4 Å². The summed E-state index contributed by atoms with van der Waals surface area (Å²) in [6.07, 6.45) is 4.52. The number of ether oxygens (including phenoxy) is 1. The number of aromatic nitrogens is 3. The summed E-state index contributed by atoms with van der Waals surface area (Å²) < 4.78 is 5.52. The molecule has 1 aromatic carbocycles. The van der Waals surface area contributed by atoms with Crippen LogP contribution in [-0.2, 0) is 6.42 Å². The molecule has 5 nitrogen and oxygen atoms in total. The molecular weight excluding hydrogens is 356 g/mol. The number of nitrogens with one attached hydrogen (secondary N) is 1. The number of pyridine rings is 1. The molecule has 0 spiro atoms. The van der Waals surface area contributed by atoms with E-state index in [1.54, 1.807) is 23.7 Å². The van der Waals surface area contributed by atoms with E-state index in [0.29, 0.717) is 12.4 Å². The molecule has 1 N–H and O–H groups in total. The van der Waals surface area contributed by atoms with Gasteiger partial charge in [-0.25, -0.2) is 9.97 Å². The van der Waals surface area contributed by atoms with Gasteiger partial charge >= 0.3 is 0 Å². The van der Waals surface area contributed by atoms with E-state index in [9.17, 15) is 0 Å². The van der Waals surface area contributed by atoms with Gasteiger partial charge in [0.25, 0.3) is 0 Å². The molecule has 0 saturated heterocycles. The Morgan fingerprint density at radius 2 is 1.93 bits per heavy atom. The van der Waals surface area contributed by atoms with Gasteiger partial charge in [0.15, 0.2) is 5.82 Å². The molecule has 3 aromatic heterocycles. The van der Waals surface area contributed by atoms with Gasteiger partial charge in [0.05, 0.1) is 12.0 Å². The molecule has 0 unspecified atom stereocenters. The molecule has 0 aliphatic heterocycles. The number of fused-ring (bicyclic) bond motifs is 1. The number of aryl methyl sites for hydroxylation is 1. The monoisotopic (exact) mass is 376 g/mol. The molecule has 27 heavy (non-hydrogen) atoms. The third kappa shape index (κ3) is 3.75. The van der Waals surface area contributed by atoms with Crippen molar-refractivity contribution in [3.63, 3.8) is 0 Å². The van der Waals surface area contributed by atoms with Gasteiger partial charge in [-0.3, -0.25) is 4.98 Å². The first kappa shape index (κ1) is 17.4. The van der Waals surface area contributed by atoms with Gasteiger partial charge in [-0.15, -0.1) is 11.3 Å². The summed E-state index contributed by atoms with van der Waals surface area (Å²) in [4.78, 5) is 16.0. The Balaban J connectivity index is 1.76. The van der Waals surface area contributed by atoms with E-state index >= 15 is 0 Å². The van der Waals surface area contributed by atoms with Crippen LogP contribution in [0.25, 0.3) is 21.6 Å². The zero-order valence-electron chi connectivity index (χ0n) is 15.3. The highest BCUT2D eigenvalue weighted by Crippen LogP contribution is 2.33. The predicted octanol–water partition coefficient (Wildman–Crippen LogP) is 5.46. The largest absolute Gasteiger partial charge is 0.494 e. The molecule has 0 aliphatic rings. The Kier molecular flexibility index (Phi) is 4.98. The molecule has 6 heteroatoms. The molecule has 0 aliphatic carbocycles. The lowest BCUT2D eigenvalue weighted by Crippen LogP contribution is -1.98. The van der Waals surface area contributed by atoms with Crippen LogP contribution >= 0.6 is 11.3 Å². The Morgan fingerprint density at radius 1 is 1.07 bits per heavy atom. The summed E-state index contributed by atoms with van der Waals surface area (Å²) >= 11 is 1.71. The van der Waals surface area contributed by atoms with Crippen LogP contribution in [0.4, 0.5) is 11.5 Å².